The molecule has 0 spiro atoms. The van der Waals surface area contributed by atoms with E-state index >= 15 is 0 Å². The van der Waals surface area contributed by atoms with Gasteiger partial charge in [0, 0.05) is 20.1 Å². The van der Waals surface area contributed by atoms with Crippen molar-refractivity contribution in [3.8, 4) is 5.75 Å². The van der Waals surface area contributed by atoms with Gasteiger partial charge in [0.1, 0.15) is 5.75 Å². The Labute approximate surface area is 126 Å². The van der Waals surface area contributed by atoms with Gasteiger partial charge in [-0.25, -0.2) is 8.42 Å². The van der Waals surface area contributed by atoms with Crippen LogP contribution in [0.1, 0.15) is 20.8 Å². The molecule has 21 heavy (non-hydrogen) atoms. The number of carbonyl (C=O) groups is 1. The average Bonchev–Trinajstić information content (AvgIpc) is 2.47. The number of sulfonamides is 1. The standard InChI is InChI=1S/C14H22N2O4S/c1-5-16(6-2)21(18,19)13-9-7-12(8-10-13)20-11(3)14(17)15-4/h7-11H,5-6H2,1-4H3,(H,15,17)/t11-/m1/s1. The maximum Gasteiger partial charge on any atom is 0.260 e. The monoisotopic (exact) mass is 314 g/mol. The van der Waals surface area contributed by atoms with Gasteiger partial charge in [0.25, 0.3) is 5.91 Å². The van der Waals surface area contributed by atoms with Crippen LogP contribution in [0.25, 0.3) is 0 Å². The molecule has 1 N–H and O–H groups in total. The van der Waals surface area contributed by atoms with Crippen molar-refractivity contribution in [2.24, 2.45) is 0 Å². The Kier molecular flexibility index (Phi) is 6.17. The third-order valence-electron chi connectivity index (χ3n) is 3.10. The van der Waals surface area contributed by atoms with E-state index in [0.717, 1.165) is 0 Å². The third kappa shape index (κ3) is 4.18. The molecule has 0 aliphatic carbocycles. The zero-order chi connectivity index (χ0) is 16.0. The van der Waals surface area contributed by atoms with Crippen molar-refractivity contribution in [1.82, 2.24) is 9.62 Å². The van der Waals surface area contributed by atoms with Gasteiger partial charge < -0.3 is 10.1 Å². The second-order valence-electron chi connectivity index (χ2n) is 4.44. The molecule has 6 nitrogen and oxygen atoms in total. The minimum atomic E-state index is -3.47. The summed E-state index contributed by atoms with van der Waals surface area (Å²) in [5.74, 6) is 0.208. The van der Waals surface area contributed by atoms with Crippen LogP contribution in [-0.2, 0) is 14.8 Å². The topological polar surface area (TPSA) is 75.7 Å². The summed E-state index contributed by atoms with van der Waals surface area (Å²) in [6.07, 6.45) is -0.639. The van der Waals surface area contributed by atoms with Gasteiger partial charge in [-0.05, 0) is 31.2 Å². The number of carbonyl (C=O) groups excluding carboxylic acids is 1. The second-order valence-corrected chi connectivity index (χ2v) is 6.37. The van der Waals surface area contributed by atoms with Crippen LogP contribution in [0.2, 0.25) is 0 Å². The molecule has 0 heterocycles. The summed E-state index contributed by atoms with van der Waals surface area (Å²) in [5.41, 5.74) is 0. The molecule has 1 atom stereocenters. The van der Waals surface area contributed by atoms with E-state index in [-0.39, 0.29) is 10.8 Å². The quantitative estimate of drug-likeness (QED) is 0.821. The highest BCUT2D eigenvalue weighted by Gasteiger charge is 2.21. The van der Waals surface area contributed by atoms with Crippen LogP contribution in [-0.4, -0.2) is 44.9 Å². The van der Waals surface area contributed by atoms with E-state index < -0.39 is 16.1 Å². The molecule has 0 aliphatic heterocycles. The molecule has 1 aromatic carbocycles. The van der Waals surface area contributed by atoms with E-state index in [0.29, 0.717) is 18.8 Å². The Morgan fingerprint density at radius 1 is 1.24 bits per heavy atom. The van der Waals surface area contributed by atoms with Crippen molar-refractivity contribution < 1.29 is 17.9 Å². The molecule has 0 aliphatic rings. The fourth-order valence-corrected chi connectivity index (χ4v) is 3.32. The number of nitrogens with one attached hydrogen (secondary N) is 1. The average molecular weight is 314 g/mol. The van der Waals surface area contributed by atoms with Crippen LogP contribution in [0.5, 0.6) is 5.75 Å². The van der Waals surface area contributed by atoms with Crippen molar-refractivity contribution in [2.45, 2.75) is 31.8 Å². The first kappa shape index (κ1) is 17.5. The maximum absolute atomic E-state index is 12.3. The summed E-state index contributed by atoms with van der Waals surface area (Å²) in [5, 5.41) is 2.48. The molecule has 1 amide bonds. The first-order valence-corrected chi connectivity index (χ1v) is 8.29. The SMILES string of the molecule is CCN(CC)S(=O)(=O)c1ccc(O[C@H](C)C(=O)NC)cc1. The van der Waals surface area contributed by atoms with Gasteiger partial charge in [-0.3, -0.25) is 4.79 Å². The third-order valence-corrected chi connectivity index (χ3v) is 5.16. The number of rotatable bonds is 7. The zero-order valence-corrected chi connectivity index (χ0v) is 13.6. The van der Waals surface area contributed by atoms with E-state index in [1.165, 1.54) is 23.5 Å². The Hall–Kier alpha value is -1.60. The van der Waals surface area contributed by atoms with Gasteiger partial charge in [0.15, 0.2) is 6.10 Å². The molecule has 0 aromatic heterocycles. The van der Waals surface area contributed by atoms with Gasteiger partial charge >= 0.3 is 0 Å². The molecule has 0 saturated carbocycles. The molecule has 0 unspecified atom stereocenters. The maximum atomic E-state index is 12.3. The normalized spacial score (nSPS) is 13.0. The number of benzene rings is 1. The predicted octanol–water partition coefficient (Wildman–Crippen LogP) is 1.23. The van der Waals surface area contributed by atoms with Crippen molar-refractivity contribution in [2.75, 3.05) is 20.1 Å². The van der Waals surface area contributed by atoms with Crippen LogP contribution in [0.15, 0.2) is 29.2 Å². The predicted molar refractivity (Wildman–Crippen MR) is 80.7 cm³/mol. The van der Waals surface area contributed by atoms with Crippen LogP contribution < -0.4 is 10.1 Å². The van der Waals surface area contributed by atoms with E-state index in [2.05, 4.69) is 5.32 Å². The molecule has 0 saturated heterocycles. The number of amides is 1. The minimum Gasteiger partial charge on any atom is -0.481 e. The smallest absolute Gasteiger partial charge is 0.260 e. The van der Waals surface area contributed by atoms with Crippen molar-refractivity contribution in [3.05, 3.63) is 24.3 Å². The Morgan fingerprint density at radius 3 is 2.19 bits per heavy atom. The van der Waals surface area contributed by atoms with Crippen molar-refractivity contribution >= 4 is 15.9 Å². The molecule has 0 fully saturated rings. The van der Waals surface area contributed by atoms with E-state index in [4.69, 9.17) is 4.74 Å². The highest BCUT2D eigenvalue weighted by molar-refractivity contribution is 7.89. The lowest BCUT2D eigenvalue weighted by atomic mass is 10.3. The molecule has 118 valence electrons. The first-order chi connectivity index (χ1) is 9.86. The minimum absolute atomic E-state index is 0.214. The lowest BCUT2D eigenvalue weighted by molar-refractivity contribution is -0.126. The van der Waals surface area contributed by atoms with Crippen LogP contribution >= 0.6 is 0 Å². The highest BCUT2D eigenvalue weighted by atomic mass is 32.2. The number of hydrogen-bond donors (Lipinski definition) is 1. The van der Waals surface area contributed by atoms with E-state index in [1.807, 2.05) is 0 Å². The second kappa shape index (κ2) is 7.42. The lowest BCUT2D eigenvalue weighted by Crippen LogP contribution is -2.33. The van der Waals surface area contributed by atoms with Gasteiger partial charge in [-0.15, -0.1) is 0 Å². The summed E-state index contributed by atoms with van der Waals surface area (Å²) in [7, 11) is -1.94. The van der Waals surface area contributed by atoms with Crippen molar-refractivity contribution in [1.29, 1.82) is 0 Å². The number of hydrogen-bond acceptors (Lipinski definition) is 4. The molecular formula is C14H22N2O4S. The van der Waals surface area contributed by atoms with Gasteiger partial charge in [0.2, 0.25) is 10.0 Å². The van der Waals surface area contributed by atoms with Crippen LogP contribution in [0.4, 0.5) is 0 Å². The zero-order valence-electron chi connectivity index (χ0n) is 12.8. The summed E-state index contributed by atoms with van der Waals surface area (Å²) < 4.78 is 31.4. The Balaban J connectivity index is 2.90. The summed E-state index contributed by atoms with van der Waals surface area (Å²) in [6, 6.07) is 6.07. The first-order valence-electron chi connectivity index (χ1n) is 6.85. The summed E-state index contributed by atoms with van der Waals surface area (Å²) in [6.45, 7) is 6.06. The molecule has 1 aromatic rings. The van der Waals surface area contributed by atoms with Gasteiger partial charge in [0.05, 0.1) is 4.90 Å². The largest absolute Gasteiger partial charge is 0.481 e. The van der Waals surface area contributed by atoms with E-state index in [9.17, 15) is 13.2 Å². The molecule has 0 radical (unpaired) electrons. The molecule has 7 heteroatoms. The molecule has 1 rings (SSSR count). The molecular weight excluding hydrogens is 292 g/mol. The Morgan fingerprint density at radius 2 is 1.76 bits per heavy atom. The van der Waals surface area contributed by atoms with Crippen LogP contribution in [0.3, 0.4) is 0 Å². The fourth-order valence-electron chi connectivity index (χ4n) is 1.86. The van der Waals surface area contributed by atoms with Gasteiger partial charge in [-0.1, -0.05) is 13.8 Å². The summed E-state index contributed by atoms with van der Waals surface area (Å²) >= 11 is 0. The summed E-state index contributed by atoms with van der Waals surface area (Å²) in [4.78, 5) is 11.6. The number of likely N-dealkylation sites (N-methyl/N-ethyl adjacent to an activating group) is 1. The van der Waals surface area contributed by atoms with Crippen molar-refractivity contribution in [3.63, 3.8) is 0 Å². The lowest BCUT2D eigenvalue weighted by Gasteiger charge is -2.19. The molecule has 0 bridgehead atoms. The Bertz CT molecular complexity index is 565. The highest BCUT2D eigenvalue weighted by Crippen LogP contribution is 2.20. The van der Waals surface area contributed by atoms with Crippen LogP contribution in [0, 0.1) is 0 Å². The van der Waals surface area contributed by atoms with E-state index in [1.54, 1.807) is 32.9 Å². The fraction of sp³-hybridized carbons (Fsp3) is 0.500. The number of nitrogens with zero attached hydrogens (tertiary/aromatic N) is 1. The van der Waals surface area contributed by atoms with Gasteiger partial charge in [-0.2, -0.15) is 4.31 Å². The number of ether oxygens (including phenoxy) is 1.